The fourth-order valence-electron chi connectivity index (χ4n) is 3.14. The zero-order chi connectivity index (χ0) is 19.5. The summed E-state index contributed by atoms with van der Waals surface area (Å²) in [5.41, 5.74) is 3.57. The van der Waals surface area contributed by atoms with E-state index in [9.17, 15) is 4.79 Å². The van der Waals surface area contributed by atoms with Crippen molar-refractivity contribution < 1.29 is 14.3 Å². The molecule has 3 aromatic carbocycles. The summed E-state index contributed by atoms with van der Waals surface area (Å²) in [5, 5.41) is 2.96. The first kappa shape index (κ1) is 17.6. The molecule has 2 N–H and O–H groups in total. The molecule has 0 saturated heterocycles. The van der Waals surface area contributed by atoms with Gasteiger partial charge in [0.05, 0.1) is 30.9 Å². The van der Waals surface area contributed by atoms with E-state index in [2.05, 4.69) is 15.3 Å². The molecular weight excluding hydrogens is 354 g/mol. The fraction of sp³-hybridized carbons (Fsp3) is 0.0909. The Balaban J connectivity index is 1.73. The number of ether oxygens (including phenoxy) is 2. The van der Waals surface area contributed by atoms with E-state index in [4.69, 9.17) is 9.47 Å². The molecule has 1 heterocycles. The molecule has 28 heavy (non-hydrogen) atoms. The van der Waals surface area contributed by atoms with Crippen LogP contribution in [0.3, 0.4) is 0 Å². The van der Waals surface area contributed by atoms with E-state index in [-0.39, 0.29) is 5.91 Å². The van der Waals surface area contributed by atoms with Gasteiger partial charge in [-0.05, 0) is 36.4 Å². The summed E-state index contributed by atoms with van der Waals surface area (Å²) in [7, 11) is 3.04. The standard InChI is InChI=1S/C22H19N3O3/c1-27-18-12-7-13-19(28-2)20(18)22(26)25-15-9-4-3-8-14(15)21-23-16-10-5-6-11-17(16)24-21/h3-13H,1-2H3,(H,23,24)(H,25,26). The molecule has 6 heteroatoms. The highest BCUT2D eigenvalue weighted by Gasteiger charge is 2.20. The Bertz CT molecular complexity index is 1100. The second-order valence-corrected chi connectivity index (χ2v) is 6.14. The molecule has 0 aliphatic rings. The highest BCUT2D eigenvalue weighted by atomic mass is 16.5. The van der Waals surface area contributed by atoms with Crippen molar-refractivity contribution in [3.63, 3.8) is 0 Å². The Kier molecular flexibility index (Phi) is 4.68. The minimum atomic E-state index is -0.321. The molecule has 1 amide bonds. The van der Waals surface area contributed by atoms with Gasteiger partial charge in [-0.1, -0.05) is 30.3 Å². The molecule has 0 radical (unpaired) electrons. The average Bonchev–Trinajstić information content (AvgIpc) is 3.17. The Morgan fingerprint density at radius 1 is 0.893 bits per heavy atom. The van der Waals surface area contributed by atoms with E-state index in [0.29, 0.717) is 28.6 Å². The molecule has 6 nitrogen and oxygen atoms in total. The Morgan fingerprint density at radius 2 is 1.57 bits per heavy atom. The van der Waals surface area contributed by atoms with Gasteiger partial charge in [-0.15, -0.1) is 0 Å². The van der Waals surface area contributed by atoms with Gasteiger partial charge in [-0.25, -0.2) is 4.98 Å². The van der Waals surface area contributed by atoms with Crippen LogP contribution in [0.15, 0.2) is 66.7 Å². The lowest BCUT2D eigenvalue weighted by molar-refractivity contribution is 0.102. The number of fused-ring (bicyclic) bond motifs is 1. The van der Waals surface area contributed by atoms with Crippen LogP contribution in [0.25, 0.3) is 22.4 Å². The zero-order valence-electron chi connectivity index (χ0n) is 15.5. The second kappa shape index (κ2) is 7.44. The van der Waals surface area contributed by atoms with Crippen molar-refractivity contribution >= 4 is 22.6 Å². The monoisotopic (exact) mass is 373 g/mol. The number of para-hydroxylation sites is 3. The number of aromatic nitrogens is 2. The van der Waals surface area contributed by atoms with Crippen LogP contribution in [0.5, 0.6) is 11.5 Å². The van der Waals surface area contributed by atoms with Crippen molar-refractivity contribution in [2.75, 3.05) is 19.5 Å². The maximum Gasteiger partial charge on any atom is 0.263 e. The van der Waals surface area contributed by atoms with Crippen molar-refractivity contribution in [1.82, 2.24) is 9.97 Å². The molecule has 0 unspecified atom stereocenters. The normalized spacial score (nSPS) is 10.6. The number of hydrogen-bond donors (Lipinski definition) is 2. The number of aromatic amines is 1. The lowest BCUT2D eigenvalue weighted by Gasteiger charge is -2.14. The van der Waals surface area contributed by atoms with Gasteiger partial charge in [0.15, 0.2) is 0 Å². The Hall–Kier alpha value is -3.80. The summed E-state index contributed by atoms with van der Waals surface area (Å²) >= 11 is 0. The van der Waals surface area contributed by atoms with Gasteiger partial charge in [0, 0.05) is 5.56 Å². The number of methoxy groups -OCH3 is 2. The molecule has 4 aromatic rings. The molecule has 0 saturated carbocycles. The van der Waals surface area contributed by atoms with Gasteiger partial charge in [-0.2, -0.15) is 0 Å². The number of carbonyl (C=O) groups excluding carboxylic acids is 1. The first-order valence-corrected chi connectivity index (χ1v) is 8.77. The van der Waals surface area contributed by atoms with Gasteiger partial charge in [0.1, 0.15) is 22.9 Å². The van der Waals surface area contributed by atoms with E-state index < -0.39 is 0 Å². The molecule has 140 valence electrons. The number of H-pyrrole nitrogens is 1. The summed E-state index contributed by atoms with van der Waals surface area (Å²) in [5.74, 6) is 1.25. The molecule has 0 atom stereocenters. The number of benzene rings is 3. The first-order chi connectivity index (χ1) is 13.7. The van der Waals surface area contributed by atoms with E-state index in [0.717, 1.165) is 16.6 Å². The first-order valence-electron chi connectivity index (χ1n) is 8.77. The number of hydrogen-bond acceptors (Lipinski definition) is 4. The minimum Gasteiger partial charge on any atom is -0.496 e. The summed E-state index contributed by atoms with van der Waals surface area (Å²) in [6, 6.07) is 20.5. The van der Waals surface area contributed by atoms with E-state index in [1.807, 2.05) is 48.5 Å². The topological polar surface area (TPSA) is 76.2 Å². The van der Waals surface area contributed by atoms with Crippen LogP contribution < -0.4 is 14.8 Å². The van der Waals surface area contributed by atoms with Crippen molar-refractivity contribution in [3.05, 3.63) is 72.3 Å². The van der Waals surface area contributed by atoms with Crippen LogP contribution >= 0.6 is 0 Å². The van der Waals surface area contributed by atoms with E-state index >= 15 is 0 Å². The number of nitrogens with zero attached hydrogens (tertiary/aromatic N) is 1. The number of amides is 1. The highest BCUT2D eigenvalue weighted by Crippen LogP contribution is 2.32. The number of carbonyl (C=O) groups is 1. The van der Waals surface area contributed by atoms with E-state index in [1.165, 1.54) is 14.2 Å². The molecule has 0 bridgehead atoms. The molecule has 1 aromatic heterocycles. The number of nitrogens with one attached hydrogen (secondary N) is 2. The highest BCUT2D eigenvalue weighted by molar-refractivity contribution is 6.09. The largest absolute Gasteiger partial charge is 0.496 e. The fourth-order valence-corrected chi connectivity index (χ4v) is 3.14. The van der Waals surface area contributed by atoms with Crippen LogP contribution in [-0.4, -0.2) is 30.1 Å². The lowest BCUT2D eigenvalue weighted by Crippen LogP contribution is -2.15. The summed E-state index contributed by atoms with van der Waals surface area (Å²) in [4.78, 5) is 21.0. The van der Waals surface area contributed by atoms with Crippen LogP contribution in [0.4, 0.5) is 5.69 Å². The van der Waals surface area contributed by atoms with Crippen molar-refractivity contribution in [3.8, 4) is 22.9 Å². The maximum absolute atomic E-state index is 13.0. The number of imidazole rings is 1. The van der Waals surface area contributed by atoms with Crippen LogP contribution in [0, 0.1) is 0 Å². The quantitative estimate of drug-likeness (QED) is 0.540. The van der Waals surface area contributed by atoms with Gasteiger partial charge in [0.25, 0.3) is 5.91 Å². The molecule has 0 aliphatic carbocycles. The predicted octanol–water partition coefficient (Wildman–Crippen LogP) is 4.50. The third kappa shape index (κ3) is 3.16. The molecular formula is C22H19N3O3. The van der Waals surface area contributed by atoms with Gasteiger partial charge in [0.2, 0.25) is 0 Å². The van der Waals surface area contributed by atoms with Crippen molar-refractivity contribution in [1.29, 1.82) is 0 Å². The smallest absolute Gasteiger partial charge is 0.263 e. The molecule has 0 fully saturated rings. The van der Waals surface area contributed by atoms with Crippen LogP contribution in [-0.2, 0) is 0 Å². The molecule has 0 spiro atoms. The van der Waals surface area contributed by atoms with Gasteiger partial charge >= 0.3 is 0 Å². The third-order valence-electron chi connectivity index (χ3n) is 4.47. The summed E-state index contributed by atoms with van der Waals surface area (Å²) in [6.45, 7) is 0. The van der Waals surface area contributed by atoms with Crippen LogP contribution in [0.1, 0.15) is 10.4 Å². The van der Waals surface area contributed by atoms with Crippen LogP contribution in [0.2, 0.25) is 0 Å². The third-order valence-corrected chi connectivity index (χ3v) is 4.47. The predicted molar refractivity (Wildman–Crippen MR) is 109 cm³/mol. The average molecular weight is 373 g/mol. The minimum absolute atomic E-state index is 0.321. The van der Waals surface area contributed by atoms with Gasteiger partial charge < -0.3 is 19.8 Å². The SMILES string of the molecule is COc1cccc(OC)c1C(=O)Nc1ccccc1-c1nc2ccccc2[nH]1. The second-order valence-electron chi connectivity index (χ2n) is 6.14. The molecule has 4 rings (SSSR count). The Morgan fingerprint density at radius 3 is 2.29 bits per heavy atom. The summed E-state index contributed by atoms with van der Waals surface area (Å²) < 4.78 is 10.7. The lowest BCUT2D eigenvalue weighted by atomic mass is 10.1. The summed E-state index contributed by atoms with van der Waals surface area (Å²) in [6.07, 6.45) is 0. The number of rotatable bonds is 5. The Labute approximate surface area is 162 Å². The van der Waals surface area contributed by atoms with Crippen molar-refractivity contribution in [2.45, 2.75) is 0 Å². The maximum atomic E-state index is 13.0. The van der Waals surface area contributed by atoms with Gasteiger partial charge in [-0.3, -0.25) is 4.79 Å². The molecule has 0 aliphatic heterocycles. The van der Waals surface area contributed by atoms with E-state index in [1.54, 1.807) is 18.2 Å². The van der Waals surface area contributed by atoms with Crippen molar-refractivity contribution in [2.24, 2.45) is 0 Å². The number of anilines is 1. The zero-order valence-corrected chi connectivity index (χ0v) is 15.5.